The number of allylic oxidation sites excluding steroid dienone is 5. The lowest BCUT2D eigenvalue weighted by atomic mass is 9.71. The highest BCUT2D eigenvalue weighted by atomic mass is 35.5. The second kappa shape index (κ2) is 9.67. The van der Waals surface area contributed by atoms with Gasteiger partial charge in [0, 0.05) is 41.6 Å². The van der Waals surface area contributed by atoms with Crippen LogP contribution in [0.5, 0.6) is 0 Å². The number of fused-ring (bicyclic) bond motifs is 2. The van der Waals surface area contributed by atoms with Crippen molar-refractivity contribution >= 4 is 23.8 Å². The highest BCUT2D eigenvalue weighted by molar-refractivity contribution is 6.18. The van der Waals surface area contributed by atoms with Crippen molar-refractivity contribution in [3.63, 3.8) is 0 Å². The zero-order valence-corrected chi connectivity index (χ0v) is 18.3. The van der Waals surface area contributed by atoms with Gasteiger partial charge < -0.3 is 19.7 Å². The molecule has 6 heteroatoms. The van der Waals surface area contributed by atoms with Gasteiger partial charge in [-0.05, 0) is 17.1 Å². The van der Waals surface area contributed by atoms with E-state index in [1.165, 1.54) is 5.57 Å². The highest BCUT2D eigenvalue weighted by Crippen LogP contribution is 2.49. The molecule has 2 aliphatic carbocycles. The van der Waals surface area contributed by atoms with Crippen LogP contribution in [-0.4, -0.2) is 42.6 Å². The summed E-state index contributed by atoms with van der Waals surface area (Å²) < 4.78 is 6.28. The minimum atomic E-state index is -0.0629. The van der Waals surface area contributed by atoms with Gasteiger partial charge in [0.25, 0.3) is 0 Å². The maximum Gasteiger partial charge on any atom is 0.240 e. The molecule has 0 bridgehead atoms. The third kappa shape index (κ3) is 4.39. The quantitative estimate of drug-likeness (QED) is 0.383. The molecule has 0 aromatic heterocycles. The van der Waals surface area contributed by atoms with Gasteiger partial charge in [0.05, 0.1) is 13.1 Å². The van der Waals surface area contributed by atoms with Crippen molar-refractivity contribution in [3.8, 4) is 0 Å². The smallest absolute Gasteiger partial charge is 0.240 e. The summed E-state index contributed by atoms with van der Waals surface area (Å²) in [4.78, 5) is 25.3. The molecular weight excluding hydrogens is 412 g/mol. The van der Waals surface area contributed by atoms with Crippen molar-refractivity contribution in [2.45, 2.75) is 13.5 Å². The number of nitrogens with one attached hydrogen (secondary N) is 1. The van der Waals surface area contributed by atoms with E-state index in [4.69, 9.17) is 16.3 Å². The van der Waals surface area contributed by atoms with E-state index < -0.39 is 0 Å². The molecule has 5 nitrogen and oxygen atoms in total. The van der Waals surface area contributed by atoms with Crippen molar-refractivity contribution < 1.29 is 14.3 Å². The van der Waals surface area contributed by atoms with Gasteiger partial charge in [-0.3, -0.25) is 4.79 Å². The number of aldehydes is 1. The van der Waals surface area contributed by atoms with E-state index in [0.29, 0.717) is 19.0 Å². The second-order valence-electron chi connectivity index (χ2n) is 8.12. The van der Waals surface area contributed by atoms with Crippen molar-refractivity contribution in [2.75, 3.05) is 25.5 Å². The largest absolute Gasteiger partial charge is 0.489 e. The normalized spacial score (nSPS) is 24.3. The predicted octanol–water partition coefficient (Wildman–Crippen LogP) is 3.59. The van der Waals surface area contributed by atoms with Gasteiger partial charge in [0.1, 0.15) is 18.7 Å². The molecule has 1 aliphatic heterocycles. The number of nitrogens with zero attached hydrogens (tertiary/aromatic N) is 1. The SMILES string of the molecule is CC1C=CC=C2C(OCc3ccccc3)=CC3=C(C21)[C@H](CCl)CN3C(=O)CNCC=O. The molecule has 1 heterocycles. The average molecular weight is 439 g/mol. The lowest BCUT2D eigenvalue weighted by Gasteiger charge is -2.35. The van der Waals surface area contributed by atoms with E-state index >= 15 is 0 Å². The van der Waals surface area contributed by atoms with Crippen LogP contribution in [0.15, 0.2) is 77.2 Å². The Labute approximate surface area is 188 Å². The number of rotatable bonds is 8. The first-order valence-corrected chi connectivity index (χ1v) is 11.2. The van der Waals surface area contributed by atoms with E-state index in [0.717, 1.165) is 28.9 Å². The van der Waals surface area contributed by atoms with E-state index in [1.807, 2.05) is 36.4 Å². The van der Waals surface area contributed by atoms with Gasteiger partial charge in [0.15, 0.2) is 0 Å². The molecule has 31 heavy (non-hydrogen) atoms. The molecule has 2 unspecified atom stereocenters. The summed E-state index contributed by atoms with van der Waals surface area (Å²) in [5.74, 6) is 1.72. The molecular formula is C25H27ClN2O3. The minimum absolute atomic E-state index is 0.0629. The Bertz CT molecular complexity index is 964. The number of halogens is 1. The number of ether oxygens (including phenoxy) is 1. The number of alkyl halides is 1. The maximum atomic E-state index is 12.9. The summed E-state index contributed by atoms with van der Waals surface area (Å²) in [5.41, 5.74) is 4.36. The topological polar surface area (TPSA) is 58.6 Å². The van der Waals surface area contributed by atoms with Crippen LogP contribution in [0.4, 0.5) is 0 Å². The minimum Gasteiger partial charge on any atom is -0.489 e. The standard InChI is InChI=1S/C25H27ClN2O3/c1-17-6-5-9-20-22(31-16-18-7-3-2-4-8-18)12-21-25(24(17)20)19(13-26)15-28(21)23(30)14-27-10-11-29/h2-9,11-12,17,19,24,27H,10,13-16H2,1H3/t17?,19-,24?/m1/s1. The summed E-state index contributed by atoms with van der Waals surface area (Å²) in [6.07, 6.45) is 9.15. The first-order chi connectivity index (χ1) is 15.1. The molecule has 162 valence electrons. The Morgan fingerprint density at radius 2 is 2.13 bits per heavy atom. The van der Waals surface area contributed by atoms with Gasteiger partial charge in [-0.25, -0.2) is 0 Å². The van der Waals surface area contributed by atoms with E-state index in [1.54, 1.807) is 4.90 Å². The number of hydrogen-bond donors (Lipinski definition) is 1. The maximum absolute atomic E-state index is 12.9. The molecule has 0 saturated carbocycles. The van der Waals surface area contributed by atoms with Gasteiger partial charge in [-0.2, -0.15) is 0 Å². The molecule has 4 rings (SSSR count). The summed E-state index contributed by atoms with van der Waals surface area (Å²) in [6.45, 7) is 3.48. The van der Waals surface area contributed by atoms with Crippen LogP contribution in [0.2, 0.25) is 0 Å². The van der Waals surface area contributed by atoms with Crippen LogP contribution in [-0.2, 0) is 20.9 Å². The lowest BCUT2D eigenvalue weighted by Crippen LogP contribution is -2.37. The van der Waals surface area contributed by atoms with Crippen molar-refractivity contribution in [1.82, 2.24) is 10.2 Å². The number of amides is 1. The Morgan fingerprint density at radius 3 is 2.87 bits per heavy atom. The monoisotopic (exact) mass is 438 g/mol. The molecule has 1 aromatic carbocycles. The van der Waals surface area contributed by atoms with Crippen LogP contribution in [0.1, 0.15) is 12.5 Å². The van der Waals surface area contributed by atoms with E-state index in [2.05, 4.69) is 30.5 Å². The fourth-order valence-corrected chi connectivity index (χ4v) is 4.91. The van der Waals surface area contributed by atoms with Crippen molar-refractivity contribution in [1.29, 1.82) is 0 Å². The summed E-state index contributed by atoms with van der Waals surface area (Å²) in [7, 11) is 0. The van der Waals surface area contributed by atoms with Crippen LogP contribution in [0.25, 0.3) is 0 Å². The summed E-state index contributed by atoms with van der Waals surface area (Å²) in [5, 5.41) is 2.87. The zero-order chi connectivity index (χ0) is 21.8. The van der Waals surface area contributed by atoms with Crippen LogP contribution in [0, 0.1) is 17.8 Å². The molecule has 0 fully saturated rings. The number of carbonyl (C=O) groups excluding carboxylic acids is 2. The second-order valence-corrected chi connectivity index (χ2v) is 8.43. The van der Waals surface area contributed by atoms with Crippen molar-refractivity contribution in [2.24, 2.45) is 17.8 Å². The molecule has 3 atom stereocenters. The Hall–Kier alpha value is -2.63. The molecule has 0 spiro atoms. The lowest BCUT2D eigenvalue weighted by molar-refractivity contribution is -0.128. The first-order valence-electron chi connectivity index (χ1n) is 10.7. The Kier molecular flexibility index (Phi) is 6.73. The molecule has 1 aromatic rings. The summed E-state index contributed by atoms with van der Waals surface area (Å²) >= 11 is 6.36. The molecule has 0 radical (unpaired) electrons. The fourth-order valence-electron chi connectivity index (χ4n) is 4.64. The third-order valence-corrected chi connectivity index (χ3v) is 6.47. The van der Waals surface area contributed by atoms with Crippen molar-refractivity contribution in [3.05, 3.63) is 82.8 Å². The molecule has 1 N–H and O–H groups in total. The highest BCUT2D eigenvalue weighted by Gasteiger charge is 2.43. The average Bonchev–Trinajstić information content (AvgIpc) is 3.17. The van der Waals surface area contributed by atoms with Gasteiger partial charge in [-0.15, -0.1) is 11.6 Å². The van der Waals surface area contributed by atoms with Gasteiger partial charge in [0.2, 0.25) is 5.91 Å². The molecule has 0 saturated heterocycles. The summed E-state index contributed by atoms with van der Waals surface area (Å²) in [6, 6.07) is 10.1. The van der Waals surface area contributed by atoms with Crippen LogP contribution >= 0.6 is 11.6 Å². The van der Waals surface area contributed by atoms with E-state index in [9.17, 15) is 9.59 Å². The zero-order valence-electron chi connectivity index (χ0n) is 17.6. The molecule has 1 amide bonds. The molecule has 3 aliphatic rings. The number of benzene rings is 1. The van der Waals surface area contributed by atoms with E-state index in [-0.39, 0.29) is 36.8 Å². The van der Waals surface area contributed by atoms with Crippen LogP contribution < -0.4 is 5.32 Å². The Morgan fingerprint density at radius 1 is 1.32 bits per heavy atom. The van der Waals surface area contributed by atoms with Crippen LogP contribution in [0.3, 0.4) is 0 Å². The van der Waals surface area contributed by atoms with Gasteiger partial charge >= 0.3 is 0 Å². The fraction of sp³-hybridized carbons (Fsp3) is 0.360. The predicted molar refractivity (Wildman–Crippen MR) is 121 cm³/mol. The third-order valence-electron chi connectivity index (χ3n) is 6.10. The Balaban J connectivity index is 1.67. The van der Waals surface area contributed by atoms with Gasteiger partial charge in [-0.1, -0.05) is 55.5 Å². The number of carbonyl (C=O) groups is 2. The number of hydrogen-bond acceptors (Lipinski definition) is 4. The first kappa shape index (κ1) is 21.6.